The van der Waals surface area contributed by atoms with Gasteiger partial charge < -0.3 is 15.5 Å². The highest BCUT2D eigenvalue weighted by molar-refractivity contribution is 5.82. The van der Waals surface area contributed by atoms with Gasteiger partial charge in [-0.25, -0.2) is 0 Å². The molecule has 0 radical (unpaired) electrons. The van der Waals surface area contributed by atoms with Crippen LogP contribution in [0.25, 0.3) is 0 Å². The summed E-state index contributed by atoms with van der Waals surface area (Å²) in [5.41, 5.74) is 6.07. The summed E-state index contributed by atoms with van der Waals surface area (Å²) in [6.07, 6.45) is 5.73. The van der Waals surface area contributed by atoms with Crippen LogP contribution in [-0.4, -0.2) is 55.0 Å². The van der Waals surface area contributed by atoms with Crippen LogP contribution in [0.1, 0.15) is 52.9 Å². The Morgan fingerprint density at radius 1 is 1.33 bits per heavy atom. The highest BCUT2D eigenvalue weighted by atomic mass is 16.2. The Morgan fingerprint density at radius 3 is 2.48 bits per heavy atom. The summed E-state index contributed by atoms with van der Waals surface area (Å²) >= 11 is 0. The van der Waals surface area contributed by atoms with Crippen molar-refractivity contribution in [2.45, 2.75) is 58.9 Å². The predicted molar refractivity (Wildman–Crippen MR) is 89.1 cm³/mol. The van der Waals surface area contributed by atoms with Crippen LogP contribution in [0.5, 0.6) is 0 Å². The largest absolute Gasteiger partial charge is 0.341 e. The summed E-state index contributed by atoms with van der Waals surface area (Å²) in [5, 5.41) is 0. The number of piperidine rings is 1. The van der Waals surface area contributed by atoms with Crippen LogP contribution in [-0.2, 0) is 4.79 Å². The summed E-state index contributed by atoms with van der Waals surface area (Å²) in [7, 11) is 2.21. The lowest BCUT2D eigenvalue weighted by Crippen LogP contribution is -2.50. The zero-order valence-electron chi connectivity index (χ0n) is 14.5. The number of likely N-dealkylation sites (tertiary alicyclic amines) is 1. The maximum absolute atomic E-state index is 12.4. The third-order valence-corrected chi connectivity index (χ3v) is 4.93. The van der Waals surface area contributed by atoms with Gasteiger partial charge in [-0.2, -0.15) is 0 Å². The molecule has 1 fully saturated rings. The van der Waals surface area contributed by atoms with E-state index in [4.69, 9.17) is 5.73 Å². The average molecular weight is 297 g/mol. The minimum Gasteiger partial charge on any atom is -0.341 e. The van der Waals surface area contributed by atoms with Crippen molar-refractivity contribution in [3.63, 3.8) is 0 Å². The third-order valence-electron chi connectivity index (χ3n) is 4.93. The van der Waals surface area contributed by atoms with Gasteiger partial charge in [-0.1, -0.05) is 33.6 Å². The zero-order valence-corrected chi connectivity index (χ0v) is 14.5. The van der Waals surface area contributed by atoms with E-state index in [2.05, 4.69) is 32.7 Å². The second kappa shape index (κ2) is 9.42. The minimum absolute atomic E-state index is 0.155. The summed E-state index contributed by atoms with van der Waals surface area (Å²) in [4.78, 5) is 16.8. The molecular weight excluding hydrogens is 262 g/mol. The number of amides is 1. The fourth-order valence-corrected chi connectivity index (χ4v) is 3.00. The Morgan fingerprint density at radius 2 is 1.95 bits per heavy atom. The van der Waals surface area contributed by atoms with Crippen LogP contribution in [0.4, 0.5) is 0 Å². The summed E-state index contributed by atoms with van der Waals surface area (Å²) < 4.78 is 0. The minimum atomic E-state index is -0.321. The summed E-state index contributed by atoms with van der Waals surface area (Å²) in [5.74, 6) is 1.16. The van der Waals surface area contributed by atoms with Gasteiger partial charge in [0.15, 0.2) is 0 Å². The highest BCUT2D eigenvalue weighted by Gasteiger charge is 2.28. The number of hydrogen-bond acceptors (Lipinski definition) is 3. The number of rotatable bonds is 8. The van der Waals surface area contributed by atoms with Crippen molar-refractivity contribution in [1.29, 1.82) is 0 Å². The lowest BCUT2D eigenvalue weighted by molar-refractivity contribution is -0.135. The van der Waals surface area contributed by atoms with Gasteiger partial charge >= 0.3 is 0 Å². The summed E-state index contributed by atoms with van der Waals surface area (Å²) in [6, 6.07) is -0.321. The van der Waals surface area contributed by atoms with E-state index in [1.54, 1.807) is 0 Å². The molecule has 1 rings (SSSR count). The van der Waals surface area contributed by atoms with Crippen LogP contribution in [0.3, 0.4) is 0 Å². The van der Waals surface area contributed by atoms with Gasteiger partial charge in [-0.15, -0.1) is 0 Å². The number of hydrogen-bond donors (Lipinski definition) is 1. The topological polar surface area (TPSA) is 49.6 Å². The molecule has 21 heavy (non-hydrogen) atoms. The molecule has 0 aromatic heterocycles. The highest BCUT2D eigenvalue weighted by Crippen LogP contribution is 2.20. The maximum Gasteiger partial charge on any atom is 0.239 e. The first kappa shape index (κ1) is 18.4. The van der Waals surface area contributed by atoms with Crippen molar-refractivity contribution in [3.05, 3.63) is 0 Å². The SMILES string of the molecule is CCCCN(C)CC1CCN(C(=O)[C@@H](N)C(C)CC)CC1. The first-order valence-corrected chi connectivity index (χ1v) is 8.72. The van der Waals surface area contributed by atoms with Crippen LogP contribution < -0.4 is 5.73 Å². The molecule has 1 amide bonds. The van der Waals surface area contributed by atoms with E-state index in [9.17, 15) is 4.79 Å². The smallest absolute Gasteiger partial charge is 0.239 e. The Kier molecular flexibility index (Phi) is 8.27. The molecule has 1 saturated heterocycles. The van der Waals surface area contributed by atoms with Crippen LogP contribution in [0, 0.1) is 11.8 Å². The second-order valence-electron chi connectivity index (χ2n) is 6.80. The van der Waals surface area contributed by atoms with Gasteiger partial charge in [0.2, 0.25) is 5.91 Å². The summed E-state index contributed by atoms with van der Waals surface area (Å²) in [6.45, 7) is 10.5. The van der Waals surface area contributed by atoms with Gasteiger partial charge in [0.25, 0.3) is 0 Å². The number of unbranched alkanes of at least 4 members (excludes halogenated alkanes) is 1. The van der Waals surface area contributed by atoms with Crippen molar-refractivity contribution in [3.8, 4) is 0 Å². The molecule has 1 aliphatic heterocycles. The fraction of sp³-hybridized carbons (Fsp3) is 0.941. The van der Waals surface area contributed by atoms with Crippen molar-refractivity contribution < 1.29 is 4.79 Å². The maximum atomic E-state index is 12.4. The number of nitrogens with two attached hydrogens (primary N) is 1. The van der Waals surface area contributed by atoms with Gasteiger partial charge in [0.1, 0.15) is 0 Å². The first-order valence-electron chi connectivity index (χ1n) is 8.72. The van der Waals surface area contributed by atoms with Crippen molar-refractivity contribution in [1.82, 2.24) is 9.80 Å². The van der Waals surface area contributed by atoms with Crippen LogP contribution in [0.2, 0.25) is 0 Å². The monoisotopic (exact) mass is 297 g/mol. The van der Waals surface area contributed by atoms with Crippen molar-refractivity contribution in [2.24, 2.45) is 17.6 Å². The average Bonchev–Trinajstić information content (AvgIpc) is 2.51. The number of carbonyl (C=O) groups excluding carboxylic acids is 1. The fourth-order valence-electron chi connectivity index (χ4n) is 3.00. The van der Waals surface area contributed by atoms with E-state index in [0.717, 1.165) is 38.3 Å². The lowest BCUT2D eigenvalue weighted by atomic mass is 9.93. The first-order chi connectivity index (χ1) is 9.99. The van der Waals surface area contributed by atoms with Gasteiger partial charge in [-0.3, -0.25) is 4.79 Å². The van der Waals surface area contributed by atoms with E-state index < -0.39 is 0 Å². The van der Waals surface area contributed by atoms with E-state index in [1.807, 2.05) is 4.90 Å². The van der Waals surface area contributed by atoms with E-state index in [1.165, 1.54) is 25.9 Å². The molecule has 124 valence electrons. The second-order valence-corrected chi connectivity index (χ2v) is 6.80. The Labute approximate surface area is 131 Å². The van der Waals surface area contributed by atoms with E-state index in [0.29, 0.717) is 0 Å². The molecule has 0 aromatic carbocycles. The Balaban J connectivity index is 2.33. The molecule has 0 aromatic rings. The van der Waals surface area contributed by atoms with Gasteiger partial charge in [0, 0.05) is 19.6 Å². The number of nitrogens with zero attached hydrogens (tertiary/aromatic N) is 2. The molecule has 4 nitrogen and oxygen atoms in total. The molecule has 2 atom stereocenters. The zero-order chi connectivity index (χ0) is 15.8. The lowest BCUT2D eigenvalue weighted by Gasteiger charge is -2.36. The molecule has 0 aliphatic carbocycles. The van der Waals surface area contributed by atoms with E-state index >= 15 is 0 Å². The normalized spacial score (nSPS) is 19.8. The quantitative estimate of drug-likeness (QED) is 0.748. The molecule has 1 heterocycles. The molecule has 1 aliphatic rings. The molecule has 4 heteroatoms. The van der Waals surface area contributed by atoms with Gasteiger partial charge in [0.05, 0.1) is 6.04 Å². The van der Waals surface area contributed by atoms with Crippen molar-refractivity contribution >= 4 is 5.91 Å². The molecule has 0 spiro atoms. The predicted octanol–water partition coefficient (Wildman–Crippen LogP) is 2.33. The third kappa shape index (κ3) is 5.95. The Hall–Kier alpha value is -0.610. The van der Waals surface area contributed by atoms with Crippen LogP contribution in [0.15, 0.2) is 0 Å². The molecule has 2 N–H and O–H groups in total. The molecule has 1 unspecified atom stereocenters. The number of carbonyl (C=O) groups is 1. The van der Waals surface area contributed by atoms with E-state index in [-0.39, 0.29) is 17.9 Å². The van der Waals surface area contributed by atoms with Crippen LogP contribution >= 0.6 is 0 Å². The van der Waals surface area contributed by atoms with Gasteiger partial charge in [-0.05, 0) is 44.7 Å². The van der Waals surface area contributed by atoms with Crippen molar-refractivity contribution in [2.75, 3.05) is 33.2 Å². The molecule has 0 saturated carbocycles. The molecular formula is C17H35N3O. The molecule has 0 bridgehead atoms. The standard InChI is InChI=1S/C17H35N3O/c1-5-7-10-19(4)13-15-8-11-20(12-9-15)17(21)16(18)14(3)6-2/h14-16H,5-13,18H2,1-4H3/t14?,16-/m0/s1. The Bertz CT molecular complexity index is 300.